The highest BCUT2D eigenvalue weighted by atomic mass is 19.1. The number of fused-ring (bicyclic) bond motifs is 2. The lowest BCUT2D eigenvalue weighted by Gasteiger charge is -2.51. The molecule has 1 N–H and O–H groups in total. The molecule has 2 aliphatic carbocycles. The van der Waals surface area contributed by atoms with Gasteiger partial charge in [-0.1, -0.05) is 50.6 Å². The first-order valence-corrected chi connectivity index (χ1v) is 13.9. The number of hydrogen-bond acceptors (Lipinski definition) is 3. The van der Waals surface area contributed by atoms with Crippen LogP contribution in [0.5, 0.6) is 5.75 Å². The van der Waals surface area contributed by atoms with E-state index in [9.17, 15) is 14.3 Å². The van der Waals surface area contributed by atoms with Crippen molar-refractivity contribution in [3.05, 3.63) is 88.2 Å². The Morgan fingerprint density at radius 1 is 1.08 bits per heavy atom. The molecule has 0 radical (unpaired) electrons. The zero-order chi connectivity index (χ0) is 27.9. The number of halogens is 1. The summed E-state index contributed by atoms with van der Waals surface area (Å²) in [5.74, 6) is -0.509. The molecule has 3 atom stereocenters. The van der Waals surface area contributed by atoms with E-state index < -0.39 is 5.97 Å². The Kier molecular flexibility index (Phi) is 7.32. The maximum Gasteiger partial charge on any atom is 0.307 e. The standard InChI is InChI=1S/C34H39FO4/c1-21-8-13-30(35)26(17-21)25-12-9-22(18-27(25)31(38-5)33(2,3)4)20-39-24-11-10-23-7-6-15-34(29(23)19-24)16-14-28(34)32(36)37/h8-13,17-19,28,31H,6-7,14-16,20H2,1-5H3,(H,36,37)/t28-,31-,34-/m0/s1. The first-order chi connectivity index (χ1) is 18.5. The maximum atomic E-state index is 15.0. The van der Waals surface area contributed by atoms with Crippen LogP contribution in [0.1, 0.15) is 80.4 Å². The van der Waals surface area contributed by atoms with Crippen LogP contribution >= 0.6 is 0 Å². The van der Waals surface area contributed by atoms with E-state index in [1.807, 2.05) is 31.2 Å². The molecule has 0 aliphatic heterocycles. The average molecular weight is 531 g/mol. The van der Waals surface area contributed by atoms with Gasteiger partial charge in [0.2, 0.25) is 0 Å². The van der Waals surface area contributed by atoms with Crippen LogP contribution in [0.15, 0.2) is 54.6 Å². The normalized spacial score (nSPS) is 21.2. The van der Waals surface area contributed by atoms with E-state index in [0.717, 1.165) is 65.7 Å². The monoisotopic (exact) mass is 530 g/mol. The van der Waals surface area contributed by atoms with Crippen LogP contribution in [0, 0.1) is 24.1 Å². The third-order valence-corrected chi connectivity index (χ3v) is 8.77. The molecule has 2 aliphatic rings. The lowest BCUT2D eigenvalue weighted by Crippen LogP contribution is -2.50. The molecule has 0 aromatic heterocycles. The number of methoxy groups -OCH3 is 1. The van der Waals surface area contributed by atoms with Gasteiger partial charge >= 0.3 is 5.97 Å². The molecule has 5 heteroatoms. The summed E-state index contributed by atoms with van der Waals surface area (Å²) in [6, 6.07) is 17.4. The third kappa shape index (κ3) is 5.09. The molecule has 39 heavy (non-hydrogen) atoms. The number of benzene rings is 3. The van der Waals surface area contributed by atoms with Gasteiger partial charge in [0.1, 0.15) is 18.2 Å². The minimum absolute atomic E-state index is 0.209. The van der Waals surface area contributed by atoms with Gasteiger partial charge in [-0.3, -0.25) is 4.79 Å². The van der Waals surface area contributed by atoms with Crippen LogP contribution in [0.25, 0.3) is 11.1 Å². The van der Waals surface area contributed by atoms with Gasteiger partial charge in [0.15, 0.2) is 0 Å². The number of hydrogen-bond donors (Lipinski definition) is 1. The number of carbonyl (C=O) groups is 1. The van der Waals surface area contributed by atoms with E-state index in [4.69, 9.17) is 9.47 Å². The Morgan fingerprint density at radius 2 is 1.87 bits per heavy atom. The largest absolute Gasteiger partial charge is 0.489 e. The number of carboxylic acids is 1. The molecule has 3 aromatic rings. The van der Waals surface area contributed by atoms with Crippen molar-refractivity contribution in [2.24, 2.45) is 11.3 Å². The quantitative estimate of drug-likeness (QED) is 0.335. The summed E-state index contributed by atoms with van der Waals surface area (Å²) in [5, 5.41) is 9.82. The van der Waals surface area contributed by atoms with Crippen LogP contribution in [-0.4, -0.2) is 18.2 Å². The number of aliphatic carboxylic acids is 1. The summed E-state index contributed by atoms with van der Waals surface area (Å²) in [6.45, 7) is 8.67. The predicted octanol–water partition coefficient (Wildman–Crippen LogP) is 8.18. The summed E-state index contributed by atoms with van der Waals surface area (Å²) in [7, 11) is 1.70. The Hall–Kier alpha value is -3.18. The van der Waals surface area contributed by atoms with Gasteiger partial charge in [0.25, 0.3) is 0 Å². The summed E-state index contributed by atoms with van der Waals surface area (Å²) in [4.78, 5) is 11.9. The number of ether oxygens (including phenoxy) is 2. The van der Waals surface area contributed by atoms with Gasteiger partial charge in [-0.05, 0) is 103 Å². The van der Waals surface area contributed by atoms with Crippen LogP contribution in [0.4, 0.5) is 4.39 Å². The Labute approximate surface area is 231 Å². The van der Waals surface area contributed by atoms with E-state index in [1.165, 1.54) is 11.6 Å². The van der Waals surface area contributed by atoms with E-state index >= 15 is 0 Å². The van der Waals surface area contributed by atoms with Gasteiger partial charge in [-0.2, -0.15) is 0 Å². The molecule has 5 rings (SSSR count). The highest BCUT2D eigenvalue weighted by Gasteiger charge is 2.53. The molecular formula is C34H39FO4. The first-order valence-electron chi connectivity index (χ1n) is 13.9. The van der Waals surface area contributed by atoms with E-state index in [0.29, 0.717) is 12.2 Å². The summed E-state index contributed by atoms with van der Waals surface area (Å²) in [5.41, 5.74) is 6.22. The molecule has 3 aromatic carbocycles. The van der Waals surface area contributed by atoms with E-state index in [1.54, 1.807) is 13.2 Å². The molecule has 1 saturated carbocycles. The lowest BCUT2D eigenvalue weighted by molar-refractivity contribution is -0.150. The fourth-order valence-electron chi connectivity index (χ4n) is 6.80. The summed E-state index contributed by atoms with van der Waals surface area (Å²) < 4.78 is 27.2. The molecule has 0 bridgehead atoms. The lowest BCUT2D eigenvalue weighted by atomic mass is 9.52. The maximum absolute atomic E-state index is 15.0. The number of rotatable bonds is 7. The SMILES string of the molecule is CO[C@@H](c1cc(COc2ccc3c(c2)[C@@]2(CCC3)CC[C@H]2C(=O)O)ccc1-c1cc(C)ccc1F)C(C)(C)C. The molecule has 1 fully saturated rings. The van der Waals surface area contributed by atoms with Crippen molar-refractivity contribution in [1.29, 1.82) is 0 Å². The zero-order valence-corrected chi connectivity index (χ0v) is 23.6. The highest BCUT2D eigenvalue weighted by molar-refractivity contribution is 5.75. The molecule has 0 unspecified atom stereocenters. The topological polar surface area (TPSA) is 55.8 Å². The Morgan fingerprint density at radius 3 is 2.54 bits per heavy atom. The fraction of sp³-hybridized carbons (Fsp3) is 0.441. The van der Waals surface area contributed by atoms with Crippen molar-refractivity contribution in [1.82, 2.24) is 0 Å². The highest BCUT2D eigenvalue weighted by Crippen LogP contribution is 2.55. The summed E-state index contributed by atoms with van der Waals surface area (Å²) >= 11 is 0. The smallest absolute Gasteiger partial charge is 0.307 e. The van der Waals surface area contributed by atoms with Crippen LogP contribution < -0.4 is 4.74 Å². The van der Waals surface area contributed by atoms with E-state index in [-0.39, 0.29) is 28.7 Å². The van der Waals surface area contributed by atoms with E-state index in [2.05, 4.69) is 39.0 Å². The molecule has 0 saturated heterocycles. The second-order valence-corrected chi connectivity index (χ2v) is 12.4. The Balaban J connectivity index is 1.46. The minimum Gasteiger partial charge on any atom is -0.489 e. The first kappa shape index (κ1) is 27.4. The zero-order valence-electron chi connectivity index (χ0n) is 23.6. The van der Waals surface area contributed by atoms with Crippen LogP contribution in [-0.2, 0) is 28.0 Å². The third-order valence-electron chi connectivity index (χ3n) is 8.77. The number of carboxylic acid groups (broad SMARTS) is 1. The van der Waals surface area contributed by atoms with Crippen molar-refractivity contribution < 1.29 is 23.8 Å². The molecule has 4 nitrogen and oxygen atoms in total. The van der Waals surface area contributed by atoms with Crippen molar-refractivity contribution in [2.45, 2.75) is 77.9 Å². The number of aryl methyl sites for hydroxylation is 2. The molecule has 0 amide bonds. The van der Waals surface area contributed by atoms with Gasteiger partial charge in [0.05, 0.1) is 12.0 Å². The minimum atomic E-state index is -0.690. The van der Waals surface area contributed by atoms with Crippen LogP contribution in [0.3, 0.4) is 0 Å². The van der Waals surface area contributed by atoms with Gasteiger partial charge in [-0.15, -0.1) is 0 Å². The van der Waals surface area contributed by atoms with Crippen molar-refractivity contribution >= 4 is 5.97 Å². The van der Waals surface area contributed by atoms with Crippen LogP contribution in [0.2, 0.25) is 0 Å². The summed E-state index contributed by atoms with van der Waals surface area (Å²) in [6.07, 6.45) is 4.35. The molecule has 206 valence electrons. The van der Waals surface area contributed by atoms with Crippen molar-refractivity contribution in [3.63, 3.8) is 0 Å². The second-order valence-electron chi connectivity index (χ2n) is 12.4. The van der Waals surface area contributed by atoms with Crippen molar-refractivity contribution in [2.75, 3.05) is 7.11 Å². The predicted molar refractivity (Wildman–Crippen MR) is 152 cm³/mol. The molecule has 0 heterocycles. The van der Waals surface area contributed by atoms with Gasteiger partial charge < -0.3 is 14.6 Å². The molecule has 1 spiro atoms. The Bertz CT molecular complexity index is 1390. The second kappa shape index (κ2) is 10.4. The van der Waals surface area contributed by atoms with Gasteiger partial charge in [-0.25, -0.2) is 4.39 Å². The van der Waals surface area contributed by atoms with Crippen molar-refractivity contribution in [3.8, 4) is 16.9 Å². The van der Waals surface area contributed by atoms with Gasteiger partial charge in [0, 0.05) is 18.1 Å². The molecular weight excluding hydrogens is 491 g/mol. The average Bonchev–Trinajstić information content (AvgIpc) is 2.87. The fourth-order valence-corrected chi connectivity index (χ4v) is 6.80.